The van der Waals surface area contributed by atoms with Gasteiger partial charge in [0.15, 0.2) is 5.13 Å². The zero-order valence-corrected chi connectivity index (χ0v) is 19.6. The Bertz CT molecular complexity index is 1190. The molecule has 1 aliphatic carbocycles. The van der Waals surface area contributed by atoms with Crippen LogP contribution in [0, 0.1) is 12.8 Å². The van der Waals surface area contributed by atoms with E-state index in [9.17, 15) is 14.4 Å². The van der Waals surface area contributed by atoms with E-state index < -0.39 is 18.0 Å². The molecule has 34 heavy (non-hydrogen) atoms. The first kappa shape index (κ1) is 23.4. The minimum Gasteiger partial charge on any atom is -0.481 e. The van der Waals surface area contributed by atoms with Gasteiger partial charge in [0.1, 0.15) is 11.5 Å². The molecule has 1 aliphatic rings. The molecule has 8 nitrogen and oxygen atoms in total. The van der Waals surface area contributed by atoms with Crippen LogP contribution < -0.4 is 10.6 Å². The van der Waals surface area contributed by atoms with E-state index in [1.54, 1.807) is 13.8 Å². The van der Waals surface area contributed by atoms with Gasteiger partial charge in [0.25, 0.3) is 5.91 Å². The van der Waals surface area contributed by atoms with Crippen LogP contribution in [-0.4, -0.2) is 41.2 Å². The number of anilines is 1. The van der Waals surface area contributed by atoms with Gasteiger partial charge in [-0.25, -0.2) is 9.78 Å². The third kappa shape index (κ3) is 4.94. The van der Waals surface area contributed by atoms with Crippen LogP contribution in [-0.2, 0) is 9.53 Å². The van der Waals surface area contributed by atoms with Crippen molar-refractivity contribution in [3.63, 3.8) is 0 Å². The van der Waals surface area contributed by atoms with Gasteiger partial charge < -0.3 is 15.2 Å². The predicted octanol–water partition coefficient (Wildman–Crippen LogP) is 4.65. The predicted molar refractivity (Wildman–Crippen MR) is 129 cm³/mol. The van der Waals surface area contributed by atoms with Crippen LogP contribution in [0.25, 0.3) is 11.1 Å². The number of carboxylic acids is 1. The Balaban J connectivity index is 1.35. The summed E-state index contributed by atoms with van der Waals surface area (Å²) in [6.45, 7) is 3.68. The fourth-order valence-corrected chi connectivity index (χ4v) is 4.86. The molecule has 2 amide bonds. The van der Waals surface area contributed by atoms with Crippen LogP contribution in [0.15, 0.2) is 48.5 Å². The number of carbonyl (C=O) groups is 3. The van der Waals surface area contributed by atoms with Crippen molar-refractivity contribution in [3.05, 3.63) is 70.2 Å². The molecule has 3 N–H and O–H groups in total. The van der Waals surface area contributed by atoms with Crippen LogP contribution in [0.2, 0.25) is 0 Å². The third-order valence-electron chi connectivity index (χ3n) is 5.84. The molecular weight excluding hydrogens is 454 g/mol. The van der Waals surface area contributed by atoms with Crippen LogP contribution in [0.5, 0.6) is 0 Å². The molecule has 0 radical (unpaired) electrons. The zero-order valence-electron chi connectivity index (χ0n) is 18.8. The van der Waals surface area contributed by atoms with Crippen molar-refractivity contribution in [1.82, 2.24) is 10.3 Å². The quantitative estimate of drug-likeness (QED) is 0.433. The van der Waals surface area contributed by atoms with Crippen LogP contribution in [0.3, 0.4) is 0 Å². The van der Waals surface area contributed by atoms with Crippen LogP contribution >= 0.6 is 11.3 Å². The number of aliphatic carboxylic acids is 1. The Morgan fingerprint density at radius 3 is 2.32 bits per heavy atom. The molecule has 0 saturated heterocycles. The SMILES string of the molecule is Cc1nc(NC(=O)OCC2c3ccccc3-c3ccccc32)sc1C(=O)NCCC(C)C(=O)O. The first-order valence-electron chi connectivity index (χ1n) is 11.0. The van der Waals surface area contributed by atoms with Gasteiger partial charge >= 0.3 is 12.1 Å². The Hall–Kier alpha value is -3.72. The number of hydrogen-bond acceptors (Lipinski definition) is 6. The molecule has 3 aromatic rings. The normalized spacial score (nSPS) is 13.0. The Morgan fingerprint density at radius 1 is 1.09 bits per heavy atom. The summed E-state index contributed by atoms with van der Waals surface area (Å²) >= 11 is 1.04. The van der Waals surface area contributed by atoms with Gasteiger partial charge in [0.05, 0.1) is 11.6 Å². The number of fused-ring (bicyclic) bond motifs is 3. The number of aryl methyl sites for hydroxylation is 1. The second-order valence-electron chi connectivity index (χ2n) is 8.17. The summed E-state index contributed by atoms with van der Waals surface area (Å²) in [4.78, 5) is 40.4. The maximum Gasteiger partial charge on any atom is 0.413 e. The van der Waals surface area contributed by atoms with Crippen molar-refractivity contribution in [2.75, 3.05) is 18.5 Å². The van der Waals surface area contributed by atoms with E-state index in [1.807, 2.05) is 36.4 Å². The number of thiazole rings is 1. The Morgan fingerprint density at radius 2 is 1.71 bits per heavy atom. The molecule has 0 aliphatic heterocycles. The number of carboxylic acid groups (broad SMARTS) is 1. The molecule has 1 atom stereocenters. The van der Waals surface area contributed by atoms with E-state index in [0.29, 0.717) is 17.0 Å². The second kappa shape index (κ2) is 10.0. The lowest BCUT2D eigenvalue weighted by Crippen LogP contribution is -2.26. The Kier molecular flexibility index (Phi) is 6.93. The highest BCUT2D eigenvalue weighted by Crippen LogP contribution is 2.44. The van der Waals surface area contributed by atoms with Gasteiger partial charge in [0, 0.05) is 12.5 Å². The Labute approximate surface area is 201 Å². The number of nitrogens with one attached hydrogen (secondary N) is 2. The maximum atomic E-state index is 12.5. The number of aromatic nitrogens is 1. The van der Waals surface area contributed by atoms with Gasteiger partial charge in [0.2, 0.25) is 0 Å². The van der Waals surface area contributed by atoms with Crippen LogP contribution in [0.4, 0.5) is 9.93 Å². The fourth-order valence-electron chi connectivity index (χ4n) is 3.99. The molecule has 4 rings (SSSR count). The fraction of sp³-hybridized carbons (Fsp3) is 0.280. The molecule has 0 saturated carbocycles. The van der Waals surface area contributed by atoms with Crippen molar-refractivity contribution in [3.8, 4) is 11.1 Å². The third-order valence-corrected chi connectivity index (χ3v) is 6.91. The van der Waals surface area contributed by atoms with Crippen molar-refractivity contribution in [1.29, 1.82) is 0 Å². The van der Waals surface area contributed by atoms with E-state index >= 15 is 0 Å². The van der Waals surface area contributed by atoms with E-state index in [-0.39, 0.29) is 30.1 Å². The van der Waals surface area contributed by atoms with E-state index in [4.69, 9.17) is 9.84 Å². The van der Waals surface area contributed by atoms with Crippen molar-refractivity contribution < 1.29 is 24.2 Å². The molecule has 1 aromatic heterocycles. The molecule has 176 valence electrons. The lowest BCUT2D eigenvalue weighted by atomic mass is 9.98. The van der Waals surface area contributed by atoms with Crippen molar-refractivity contribution >= 4 is 34.4 Å². The lowest BCUT2D eigenvalue weighted by Gasteiger charge is -2.14. The molecule has 0 bridgehead atoms. The standard InChI is InChI=1S/C25H25N3O5S/c1-14(23(30)31)11-12-26-22(29)21-15(2)27-24(34-21)28-25(32)33-13-20-18-9-5-3-7-16(18)17-8-4-6-10-19(17)20/h3-10,14,20H,11-13H2,1-2H3,(H,26,29)(H,30,31)(H,27,28,32). The van der Waals surface area contributed by atoms with Gasteiger partial charge in [-0.2, -0.15) is 0 Å². The summed E-state index contributed by atoms with van der Waals surface area (Å²) in [6, 6.07) is 16.2. The van der Waals surface area contributed by atoms with E-state index in [0.717, 1.165) is 33.6 Å². The summed E-state index contributed by atoms with van der Waals surface area (Å²) in [5.41, 5.74) is 5.02. The highest BCUT2D eigenvalue weighted by atomic mass is 32.1. The number of benzene rings is 2. The molecule has 0 spiro atoms. The molecule has 1 heterocycles. The topological polar surface area (TPSA) is 118 Å². The highest BCUT2D eigenvalue weighted by molar-refractivity contribution is 7.17. The second-order valence-corrected chi connectivity index (χ2v) is 9.17. The molecule has 2 aromatic carbocycles. The first-order chi connectivity index (χ1) is 16.3. The number of amides is 2. The molecule has 9 heteroatoms. The van der Waals surface area contributed by atoms with E-state index in [2.05, 4.69) is 27.8 Å². The lowest BCUT2D eigenvalue weighted by molar-refractivity contribution is -0.141. The first-order valence-corrected chi connectivity index (χ1v) is 11.8. The highest BCUT2D eigenvalue weighted by Gasteiger charge is 2.29. The summed E-state index contributed by atoms with van der Waals surface area (Å²) in [6.07, 6.45) is -0.318. The van der Waals surface area contributed by atoms with Crippen molar-refractivity contribution in [2.45, 2.75) is 26.2 Å². The maximum absolute atomic E-state index is 12.5. The zero-order chi connectivity index (χ0) is 24.2. The molecule has 0 fully saturated rings. The number of carbonyl (C=O) groups excluding carboxylic acids is 2. The van der Waals surface area contributed by atoms with Crippen LogP contribution in [0.1, 0.15) is 45.8 Å². The number of hydrogen-bond donors (Lipinski definition) is 3. The smallest absolute Gasteiger partial charge is 0.413 e. The summed E-state index contributed by atoms with van der Waals surface area (Å²) in [5, 5.41) is 14.5. The summed E-state index contributed by atoms with van der Waals surface area (Å²) in [7, 11) is 0. The van der Waals surface area contributed by atoms with Gasteiger partial charge in [-0.1, -0.05) is 66.8 Å². The van der Waals surface area contributed by atoms with Gasteiger partial charge in [-0.3, -0.25) is 14.9 Å². The van der Waals surface area contributed by atoms with E-state index in [1.165, 1.54) is 0 Å². The number of ether oxygens (including phenoxy) is 1. The largest absolute Gasteiger partial charge is 0.481 e. The number of rotatable bonds is 8. The summed E-state index contributed by atoms with van der Waals surface area (Å²) < 4.78 is 5.53. The van der Waals surface area contributed by atoms with Gasteiger partial charge in [-0.15, -0.1) is 0 Å². The van der Waals surface area contributed by atoms with Gasteiger partial charge in [-0.05, 0) is 35.6 Å². The number of nitrogens with zero attached hydrogens (tertiary/aromatic N) is 1. The monoisotopic (exact) mass is 479 g/mol. The molecule has 1 unspecified atom stereocenters. The molecular formula is C25H25N3O5S. The summed E-state index contributed by atoms with van der Waals surface area (Å²) in [5.74, 6) is -1.86. The average Bonchev–Trinajstić information content (AvgIpc) is 3.34. The minimum absolute atomic E-state index is 0.0503. The minimum atomic E-state index is -0.905. The average molecular weight is 480 g/mol. The van der Waals surface area contributed by atoms with Crippen molar-refractivity contribution in [2.24, 2.45) is 5.92 Å².